The molecule has 40 valence electrons. The minimum Gasteiger partial charge on any atom is -0.330 e. The van der Waals surface area contributed by atoms with E-state index in [0.29, 0.717) is 0 Å². The van der Waals surface area contributed by atoms with Gasteiger partial charge in [-0.2, -0.15) is 0 Å². The highest BCUT2D eigenvalue weighted by Crippen LogP contribution is 1.81. The lowest BCUT2D eigenvalue weighted by Crippen LogP contribution is -1.97. The van der Waals surface area contributed by atoms with Crippen LogP contribution in [0.25, 0.3) is 0 Å². The summed E-state index contributed by atoms with van der Waals surface area (Å²) in [6.07, 6.45) is 1.15. The first-order valence-corrected chi connectivity index (χ1v) is 3.20. The average molecular weight is 266 g/mol. The molecule has 0 aromatic heterocycles. The molecule has 0 aromatic carbocycles. The van der Waals surface area contributed by atoms with Crippen LogP contribution in [0.2, 0.25) is 0 Å². The van der Waals surface area contributed by atoms with Crippen molar-refractivity contribution >= 4 is 39.6 Å². The van der Waals surface area contributed by atoms with Gasteiger partial charge in [0.15, 0.2) is 0 Å². The van der Waals surface area contributed by atoms with Crippen LogP contribution in [-0.4, -0.2) is 11.0 Å². The van der Waals surface area contributed by atoms with E-state index in [9.17, 15) is 0 Å². The first kappa shape index (κ1) is 10.2. The van der Waals surface area contributed by atoms with Crippen LogP contribution >= 0.6 is 39.6 Å². The van der Waals surface area contributed by atoms with Crippen molar-refractivity contribution in [2.75, 3.05) is 11.0 Å². The summed E-state index contributed by atoms with van der Waals surface area (Å²) in [5, 5.41) is 0. The standard InChI is InChI=1S/C3H8IN.BrH/c4-2-1-3-5;/h1-3,5H2;1H. The monoisotopic (exact) mass is 265 g/mol. The minimum atomic E-state index is 0. The summed E-state index contributed by atoms with van der Waals surface area (Å²) in [4.78, 5) is 0. The predicted octanol–water partition coefficient (Wildman–Crippen LogP) is 1.35. The summed E-state index contributed by atoms with van der Waals surface area (Å²) in [7, 11) is 0. The Kier molecular flexibility index (Phi) is 16.1. The zero-order valence-electron chi connectivity index (χ0n) is 3.48. The summed E-state index contributed by atoms with van der Waals surface area (Å²) in [5.41, 5.74) is 5.13. The molecule has 0 aliphatic heterocycles. The van der Waals surface area contributed by atoms with Gasteiger partial charge in [0.1, 0.15) is 0 Å². The Morgan fingerprint density at radius 3 is 2.00 bits per heavy atom. The van der Waals surface area contributed by atoms with E-state index < -0.39 is 0 Å². The summed E-state index contributed by atoms with van der Waals surface area (Å²) in [6.45, 7) is 0.836. The Labute approximate surface area is 62.6 Å². The molecule has 0 atom stereocenters. The van der Waals surface area contributed by atoms with Gasteiger partial charge in [0.05, 0.1) is 0 Å². The molecule has 0 saturated carbocycles. The van der Waals surface area contributed by atoms with Crippen molar-refractivity contribution in [2.45, 2.75) is 6.42 Å². The molecule has 0 aromatic rings. The largest absolute Gasteiger partial charge is 0.330 e. The van der Waals surface area contributed by atoms with Crippen molar-refractivity contribution in [2.24, 2.45) is 5.73 Å². The third-order valence-electron chi connectivity index (χ3n) is 0.338. The van der Waals surface area contributed by atoms with E-state index in [1.807, 2.05) is 0 Å². The molecule has 0 aliphatic rings. The molecule has 1 nitrogen and oxygen atoms in total. The quantitative estimate of drug-likeness (QED) is 0.592. The number of rotatable bonds is 2. The van der Waals surface area contributed by atoms with Gasteiger partial charge in [-0.1, -0.05) is 22.6 Å². The van der Waals surface area contributed by atoms with Gasteiger partial charge in [0, 0.05) is 4.43 Å². The average Bonchev–Trinajstić information content (AvgIpc) is 1.41. The van der Waals surface area contributed by atoms with Crippen LogP contribution in [-0.2, 0) is 0 Å². The van der Waals surface area contributed by atoms with Crippen molar-refractivity contribution in [1.82, 2.24) is 0 Å². The SMILES string of the molecule is Br.NCCCI. The minimum absolute atomic E-state index is 0. The van der Waals surface area contributed by atoms with E-state index in [1.165, 1.54) is 4.43 Å². The van der Waals surface area contributed by atoms with Crippen LogP contribution < -0.4 is 5.73 Å². The van der Waals surface area contributed by atoms with Crippen LogP contribution in [0.1, 0.15) is 6.42 Å². The Morgan fingerprint density at radius 1 is 1.50 bits per heavy atom. The van der Waals surface area contributed by atoms with E-state index in [1.54, 1.807) is 0 Å². The van der Waals surface area contributed by atoms with Gasteiger partial charge in [-0.05, 0) is 13.0 Å². The molecule has 0 spiro atoms. The summed E-state index contributed by atoms with van der Waals surface area (Å²) < 4.78 is 1.19. The number of halogens is 2. The number of hydrogen-bond donors (Lipinski definition) is 1. The van der Waals surface area contributed by atoms with Crippen molar-refractivity contribution in [1.29, 1.82) is 0 Å². The topological polar surface area (TPSA) is 26.0 Å². The van der Waals surface area contributed by atoms with E-state index >= 15 is 0 Å². The van der Waals surface area contributed by atoms with Gasteiger partial charge in [-0.15, -0.1) is 17.0 Å². The lowest BCUT2D eigenvalue weighted by molar-refractivity contribution is 0.955. The Hall–Kier alpha value is 1.17. The smallest absolute Gasteiger partial charge is 0.000727 e. The molecule has 0 radical (unpaired) electrons. The zero-order chi connectivity index (χ0) is 4.12. The van der Waals surface area contributed by atoms with Gasteiger partial charge >= 0.3 is 0 Å². The van der Waals surface area contributed by atoms with Gasteiger partial charge in [0.25, 0.3) is 0 Å². The van der Waals surface area contributed by atoms with E-state index in [2.05, 4.69) is 22.6 Å². The first-order valence-electron chi connectivity index (χ1n) is 1.68. The van der Waals surface area contributed by atoms with Crippen molar-refractivity contribution in [3.63, 3.8) is 0 Å². The van der Waals surface area contributed by atoms with E-state index in [4.69, 9.17) is 5.73 Å². The second-order valence-corrected chi connectivity index (χ2v) is 1.91. The van der Waals surface area contributed by atoms with Gasteiger partial charge in [0.2, 0.25) is 0 Å². The normalized spacial score (nSPS) is 7.00. The Balaban J connectivity index is 0. The lowest BCUT2D eigenvalue weighted by Gasteiger charge is -1.78. The molecule has 3 heteroatoms. The second-order valence-electron chi connectivity index (χ2n) is 0.831. The van der Waals surface area contributed by atoms with E-state index in [0.717, 1.165) is 13.0 Å². The van der Waals surface area contributed by atoms with Crippen LogP contribution in [0.4, 0.5) is 0 Å². The number of alkyl halides is 1. The molecule has 0 unspecified atom stereocenters. The Bertz CT molecular complexity index is 18.3. The predicted molar refractivity (Wildman–Crippen MR) is 42.9 cm³/mol. The highest BCUT2D eigenvalue weighted by molar-refractivity contribution is 14.1. The summed E-state index contributed by atoms with van der Waals surface area (Å²) in [6, 6.07) is 0. The molecule has 0 fully saturated rings. The Morgan fingerprint density at radius 2 is 2.00 bits per heavy atom. The zero-order valence-corrected chi connectivity index (χ0v) is 7.36. The van der Waals surface area contributed by atoms with Gasteiger partial charge in [-0.3, -0.25) is 0 Å². The highest BCUT2D eigenvalue weighted by Gasteiger charge is 1.69. The van der Waals surface area contributed by atoms with Crippen molar-refractivity contribution in [3.8, 4) is 0 Å². The fourth-order valence-electron chi connectivity index (χ4n) is 0.0772. The molecular formula is C3H9BrIN. The third kappa shape index (κ3) is 8.95. The molecule has 0 rings (SSSR count). The van der Waals surface area contributed by atoms with Crippen molar-refractivity contribution in [3.05, 3.63) is 0 Å². The molecule has 6 heavy (non-hydrogen) atoms. The van der Waals surface area contributed by atoms with Crippen LogP contribution in [0.15, 0.2) is 0 Å². The van der Waals surface area contributed by atoms with Gasteiger partial charge < -0.3 is 5.73 Å². The highest BCUT2D eigenvalue weighted by atomic mass is 127. The lowest BCUT2D eigenvalue weighted by atomic mass is 10.5. The van der Waals surface area contributed by atoms with E-state index in [-0.39, 0.29) is 17.0 Å². The molecule has 0 bridgehead atoms. The fraction of sp³-hybridized carbons (Fsp3) is 1.00. The van der Waals surface area contributed by atoms with Crippen LogP contribution in [0, 0.1) is 0 Å². The third-order valence-corrected chi connectivity index (χ3v) is 1.10. The molecule has 0 heterocycles. The number of hydrogen-bond acceptors (Lipinski definition) is 1. The molecule has 2 N–H and O–H groups in total. The summed E-state index contributed by atoms with van der Waals surface area (Å²) >= 11 is 2.31. The number of nitrogens with two attached hydrogens (primary N) is 1. The summed E-state index contributed by atoms with van der Waals surface area (Å²) in [5.74, 6) is 0. The fourth-order valence-corrected chi connectivity index (χ4v) is 0.518. The molecule has 0 aliphatic carbocycles. The molecule has 0 saturated heterocycles. The maximum Gasteiger partial charge on any atom is 0.000727 e. The van der Waals surface area contributed by atoms with Gasteiger partial charge in [-0.25, -0.2) is 0 Å². The first-order chi connectivity index (χ1) is 2.41. The molecular weight excluding hydrogens is 257 g/mol. The van der Waals surface area contributed by atoms with Crippen molar-refractivity contribution < 1.29 is 0 Å². The molecule has 0 amide bonds. The van der Waals surface area contributed by atoms with Crippen LogP contribution in [0.3, 0.4) is 0 Å². The maximum atomic E-state index is 5.13. The van der Waals surface area contributed by atoms with Crippen LogP contribution in [0.5, 0.6) is 0 Å². The second kappa shape index (κ2) is 9.48. The maximum absolute atomic E-state index is 5.13.